The summed E-state index contributed by atoms with van der Waals surface area (Å²) in [6.07, 6.45) is 0. The van der Waals surface area contributed by atoms with Gasteiger partial charge in [-0.25, -0.2) is 0 Å². The van der Waals surface area contributed by atoms with Crippen LogP contribution in [0.5, 0.6) is 0 Å². The van der Waals surface area contributed by atoms with E-state index in [0.29, 0.717) is 11.0 Å². The molecule has 1 heteroatoms. The van der Waals surface area contributed by atoms with Gasteiger partial charge >= 0.3 is 0 Å². The topological polar surface area (TPSA) is 3.24 Å². The summed E-state index contributed by atoms with van der Waals surface area (Å²) in [7, 11) is 0. The van der Waals surface area contributed by atoms with Gasteiger partial charge in [0.2, 0.25) is 0 Å². The molecule has 11 aromatic rings. The largest absolute Gasteiger partial charge is 0.310 e. The molecular weight excluding hydrogens is 831 g/mol. The van der Waals surface area contributed by atoms with Crippen molar-refractivity contribution < 1.29 is 50.7 Å². The van der Waals surface area contributed by atoms with Crippen LogP contribution in [-0.4, -0.2) is 0 Å². The molecule has 0 heterocycles. The van der Waals surface area contributed by atoms with Gasteiger partial charge in [0.05, 0.1) is 47.9 Å². The lowest BCUT2D eigenvalue weighted by atomic mass is 9.67. The van der Waals surface area contributed by atoms with Crippen LogP contribution in [0, 0.1) is 0 Å². The molecule has 11 aromatic carbocycles. The molecule has 326 valence electrons. The van der Waals surface area contributed by atoms with Crippen LogP contribution in [0.4, 0.5) is 17.1 Å². The quantitative estimate of drug-likeness (QED) is 0.147. The third-order valence-electron chi connectivity index (χ3n) is 12.2. The summed E-state index contributed by atoms with van der Waals surface area (Å²) < 4.78 is 347. The zero-order chi connectivity index (χ0) is 78.1. The van der Waals surface area contributed by atoms with Crippen LogP contribution in [-0.2, 0) is 10.8 Å². The van der Waals surface area contributed by atoms with Gasteiger partial charge in [-0.2, -0.15) is 0 Å². The van der Waals surface area contributed by atoms with Crippen molar-refractivity contribution in [3.63, 3.8) is 0 Å². The predicted octanol–water partition coefficient (Wildman–Crippen LogP) is 18.0. The first-order chi connectivity index (χ1) is 49.3. The van der Waals surface area contributed by atoms with Gasteiger partial charge in [-0.1, -0.05) is 231 Å². The molecule has 69 heavy (non-hydrogen) atoms. The second-order valence-electron chi connectivity index (χ2n) is 15.9. The molecule has 1 nitrogen and oxygen atoms in total. The molecule has 0 spiro atoms. The fourth-order valence-electron chi connectivity index (χ4n) is 9.22. The fourth-order valence-corrected chi connectivity index (χ4v) is 9.22. The lowest BCUT2D eigenvalue weighted by Gasteiger charge is -2.35. The van der Waals surface area contributed by atoms with Gasteiger partial charge in [-0.05, 0) is 142 Å². The summed E-state index contributed by atoms with van der Waals surface area (Å²) in [6, 6.07) is -17.7. The normalized spacial score (nSPS) is 22.9. The van der Waals surface area contributed by atoms with E-state index in [1.54, 1.807) is 0 Å². The number of benzene rings is 11. The first-order valence-electron chi connectivity index (χ1n) is 39.6. The van der Waals surface area contributed by atoms with Gasteiger partial charge in [0.1, 0.15) is 0 Å². The maximum absolute atomic E-state index is 10.8. The lowest BCUT2D eigenvalue weighted by Crippen LogP contribution is -2.28. The Balaban J connectivity index is 1.22. The molecule has 0 saturated heterocycles. The number of nitrogens with zero attached hydrogens (tertiary/aromatic N) is 1. The van der Waals surface area contributed by atoms with Crippen molar-refractivity contribution in [2.75, 3.05) is 4.90 Å². The Morgan fingerprint density at radius 2 is 1.06 bits per heavy atom. The molecule has 0 amide bonds. The third-order valence-corrected chi connectivity index (χ3v) is 12.2. The Hall–Kier alpha value is -8.52. The summed E-state index contributed by atoms with van der Waals surface area (Å²) in [5.41, 5.74) is -19.9. The number of hydrogen-bond donors (Lipinski definition) is 0. The average Bonchev–Trinajstić information content (AvgIpc) is 1.49. The molecule has 0 aromatic heterocycles. The van der Waals surface area contributed by atoms with E-state index in [-0.39, 0.29) is 27.9 Å². The van der Waals surface area contributed by atoms with Crippen molar-refractivity contribution in [2.24, 2.45) is 0 Å². The summed E-state index contributed by atoms with van der Waals surface area (Å²) in [6.45, 7) is -7.14. The minimum atomic E-state index is -3.57. The lowest BCUT2D eigenvalue weighted by molar-refractivity contribution is 0.660. The van der Waals surface area contributed by atoms with Crippen molar-refractivity contribution in [1.29, 1.82) is 0 Å². The van der Waals surface area contributed by atoms with E-state index in [1.165, 1.54) is 24.3 Å². The van der Waals surface area contributed by atoms with E-state index in [4.69, 9.17) is 26.0 Å². The highest BCUT2D eigenvalue weighted by molar-refractivity contribution is 6.05. The first-order valence-corrected chi connectivity index (χ1v) is 21.1. The molecule has 0 fully saturated rings. The van der Waals surface area contributed by atoms with E-state index in [9.17, 15) is 24.7 Å². The Labute approximate surface area is 457 Å². The van der Waals surface area contributed by atoms with Gasteiger partial charge in [0, 0.05) is 30.7 Å². The zero-order valence-corrected chi connectivity index (χ0v) is 35.4. The number of fused-ring (bicyclic) bond motifs is 7. The monoisotopic (exact) mass is 917 g/mol. The molecule has 1 unspecified atom stereocenters. The Bertz CT molecular complexity index is 5750. The molecule has 0 bridgehead atoms. The fraction of sp³-hybridized carbons (Fsp3) is 0.0588. The van der Waals surface area contributed by atoms with Crippen LogP contribution in [0.2, 0.25) is 0 Å². The number of rotatable bonds is 8. The van der Waals surface area contributed by atoms with Gasteiger partial charge in [-0.15, -0.1) is 0 Å². The molecule has 0 aliphatic heterocycles. The van der Waals surface area contributed by atoms with Gasteiger partial charge in [0.15, 0.2) is 0 Å². The first kappa shape index (κ1) is 17.9. The van der Waals surface area contributed by atoms with Crippen LogP contribution in [0.15, 0.2) is 260 Å². The second-order valence-corrected chi connectivity index (χ2v) is 15.9. The highest BCUT2D eigenvalue weighted by Gasteiger charge is 2.46. The van der Waals surface area contributed by atoms with Crippen LogP contribution in [0.1, 0.15) is 97.8 Å². The smallest absolute Gasteiger partial charge is 0.0714 e. The summed E-state index contributed by atoms with van der Waals surface area (Å²) in [5.74, 6) is 0. The Morgan fingerprint density at radius 1 is 0.377 bits per heavy atom. The molecule has 2 aliphatic rings. The Kier molecular flexibility index (Phi) is 4.16. The minimum absolute atomic E-state index is 0.203. The number of hydrogen-bond acceptors (Lipinski definition) is 1. The van der Waals surface area contributed by atoms with Gasteiger partial charge in [0.25, 0.3) is 0 Å². The molecule has 0 saturated carbocycles. The molecule has 0 N–H and O–H groups in total. The summed E-state index contributed by atoms with van der Waals surface area (Å²) in [4.78, 5) is 0.427. The van der Waals surface area contributed by atoms with Crippen molar-refractivity contribution in [3.8, 4) is 55.6 Å². The third kappa shape index (κ3) is 6.38. The van der Waals surface area contributed by atoms with Crippen LogP contribution in [0.25, 0.3) is 66.4 Å². The van der Waals surface area contributed by atoms with Crippen molar-refractivity contribution in [3.05, 3.63) is 293 Å². The van der Waals surface area contributed by atoms with Crippen LogP contribution >= 0.6 is 0 Å². The summed E-state index contributed by atoms with van der Waals surface area (Å²) >= 11 is 0. The summed E-state index contributed by atoms with van der Waals surface area (Å²) in [5, 5.41) is -0.500. The highest BCUT2D eigenvalue weighted by atomic mass is 15.1. The maximum atomic E-state index is 10.8. The van der Waals surface area contributed by atoms with Crippen LogP contribution < -0.4 is 4.90 Å². The van der Waals surface area contributed by atoms with E-state index in [1.807, 2.05) is 0 Å². The Morgan fingerprint density at radius 3 is 1.93 bits per heavy atom. The molecular formula is C68H49N. The molecule has 2 aliphatic carbocycles. The molecule has 0 radical (unpaired) electrons. The van der Waals surface area contributed by atoms with E-state index >= 15 is 0 Å². The SMILES string of the molecule is [2H]c1ccc2c([2H])c([2H])c(-c3c([2H])c([2H])c(N(c4cc([2H])c(-c5c([2H])c([2H])c([2H])c([2H])c5[2H])c([2H])c4[2H])c4c([2H])c([2H])c5c(c4[2H])C(c4ccc([2H])c([2H])c4[2H])(c4c([2H])c([2H])c([2H])c([2H])c4[2H])c4c-5ccc([2H])c4[2H])c([2H])c3[2H])c(-c3cc4c(c([2H])c3[2H])-c3c([2H])cccc3C4(C([2H])([2H])[2H])C([2H])([2H])[2H])c2c1. The predicted molar refractivity (Wildman–Crippen MR) is 290 cm³/mol. The van der Waals surface area contributed by atoms with E-state index < -0.39 is 301 Å². The second kappa shape index (κ2) is 16.1. The van der Waals surface area contributed by atoms with E-state index in [2.05, 4.69) is 0 Å². The maximum Gasteiger partial charge on any atom is 0.0714 e. The van der Waals surface area contributed by atoms with Crippen molar-refractivity contribution in [2.45, 2.75) is 24.5 Å². The van der Waals surface area contributed by atoms with Crippen molar-refractivity contribution in [1.82, 2.24) is 0 Å². The van der Waals surface area contributed by atoms with Crippen LogP contribution in [0.3, 0.4) is 0 Å². The average molecular weight is 917 g/mol. The zero-order valence-electron chi connectivity index (χ0n) is 72.4. The van der Waals surface area contributed by atoms with E-state index in [0.717, 1.165) is 42.5 Å². The number of anilines is 3. The minimum Gasteiger partial charge on any atom is -0.310 e. The van der Waals surface area contributed by atoms with Gasteiger partial charge < -0.3 is 4.90 Å². The van der Waals surface area contributed by atoms with Crippen molar-refractivity contribution >= 4 is 27.8 Å². The molecule has 13 rings (SSSR count). The standard InChI is InChI=1S/C68H49N/c1-67(2)62-28-16-14-26-58(62)60-42-35-50(44-64(60)67)66-56-25-13-12-20-48(56)34-41-57(66)49-32-38-54(39-33-49)69(53-36-30-47(31-37-53)46-18-6-3-7-19-46)55-40-43-61-59-27-15-17-29-63(59)68(65(61)45-55,51-21-8-4-9-22-51)52-23-10-5-11-24-52/h3-45H,1-2H3/i1D3,2D3,3D,4D,5D,6D,7D,8D,9D,10D,13D,17D,18D,19D,21D,22D,23D,26D,29D,30D,31D,32D,33D,34D,35D,36D,38D,39D,40D,41D,42D,43D,45D. The molecule has 1 atom stereocenters. The van der Waals surface area contributed by atoms with Gasteiger partial charge in [-0.3, -0.25) is 0 Å². The highest BCUT2D eigenvalue weighted by Crippen LogP contribution is 2.57.